The van der Waals surface area contributed by atoms with Gasteiger partial charge in [-0.25, -0.2) is 4.98 Å². The van der Waals surface area contributed by atoms with Gasteiger partial charge in [-0.05, 0) is 61.3 Å². The molecule has 1 aliphatic rings. The average Bonchev–Trinajstić information content (AvgIpc) is 2.60. The number of aromatic nitrogens is 1. The quantitative estimate of drug-likeness (QED) is 0.939. The normalized spacial score (nSPS) is 15.9. The fraction of sp³-hybridized carbons (Fsp3) is 0.450. The van der Waals surface area contributed by atoms with Gasteiger partial charge in [0.1, 0.15) is 5.82 Å². The maximum absolute atomic E-state index is 9.29. The van der Waals surface area contributed by atoms with E-state index in [2.05, 4.69) is 49.1 Å². The van der Waals surface area contributed by atoms with E-state index in [1.54, 1.807) is 0 Å². The molecule has 1 aliphatic heterocycles. The minimum absolute atomic E-state index is 0.315. The minimum Gasteiger partial charge on any atom is -0.396 e. The molecule has 1 saturated heterocycles. The molecule has 2 aromatic rings. The number of aliphatic hydroxyl groups is 1. The molecule has 0 aliphatic carbocycles. The third-order valence-electron chi connectivity index (χ3n) is 5.13. The van der Waals surface area contributed by atoms with E-state index in [0.29, 0.717) is 12.5 Å². The summed E-state index contributed by atoms with van der Waals surface area (Å²) < 4.78 is 0. The number of hydrogen-bond acceptors (Lipinski definition) is 3. The monoisotopic (exact) mass is 310 g/mol. The Morgan fingerprint density at radius 1 is 1.09 bits per heavy atom. The number of piperidine rings is 1. The first-order chi connectivity index (χ1) is 11.2. The van der Waals surface area contributed by atoms with Gasteiger partial charge in [0, 0.05) is 25.9 Å². The smallest absolute Gasteiger partial charge is 0.131 e. The van der Waals surface area contributed by atoms with Crippen molar-refractivity contribution in [2.45, 2.75) is 33.1 Å². The molecule has 122 valence electrons. The van der Waals surface area contributed by atoms with Gasteiger partial charge in [0.2, 0.25) is 0 Å². The van der Waals surface area contributed by atoms with Gasteiger partial charge < -0.3 is 10.0 Å². The molecule has 0 saturated carbocycles. The first kappa shape index (κ1) is 16.0. The van der Waals surface area contributed by atoms with E-state index in [1.165, 1.54) is 22.3 Å². The summed E-state index contributed by atoms with van der Waals surface area (Å²) in [6.45, 7) is 6.70. The van der Waals surface area contributed by atoms with Crippen LogP contribution in [0.15, 0.2) is 36.5 Å². The highest BCUT2D eigenvalue weighted by Crippen LogP contribution is 2.28. The lowest BCUT2D eigenvalue weighted by Crippen LogP contribution is -2.35. The summed E-state index contributed by atoms with van der Waals surface area (Å²) in [7, 11) is 0. The first-order valence-corrected chi connectivity index (χ1v) is 8.54. The highest BCUT2D eigenvalue weighted by Gasteiger charge is 2.21. The number of hydrogen-bond donors (Lipinski definition) is 1. The largest absolute Gasteiger partial charge is 0.396 e. The van der Waals surface area contributed by atoms with Crippen LogP contribution in [0.2, 0.25) is 0 Å². The Balaban J connectivity index is 1.78. The standard InChI is InChI=1S/C20H26N2O/c1-15-16(2)20(22-10-8-18(14-23)9-11-22)21-13-19(15)12-17-6-4-3-5-7-17/h3-7,13,18,23H,8-12,14H2,1-2H3. The van der Waals surface area contributed by atoms with Crippen LogP contribution in [0.3, 0.4) is 0 Å². The Morgan fingerprint density at radius 2 is 1.78 bits per heavy atom. The molecular formula is C20H26N2O. The first-order valence-electron chi connectivity index (χ1n) is 8.54. The Labute approximate surface area is 139 Å². The van der Waals surface area contributed by atoms with E-state index < -0.39 is 0 Å². The Hall–Kier alpha value is -1.87. The zero-order valence-corrected chi connectivity index (χ0v) is 14.1. The van der Waals surface area contributed by atoms with Gasteiger partial charge in [-0.1, -0.05) is 30.3 Å². The topological polar surface area (TPSA) is 36.4 Å². The molecule has 0 bridgehead atoms. The lowest BCUT2D eigenvalue weighted by Gasteiger charge is -2.33. The number of anilines is 1. The van der Waals surface area contributed by atoms with Crippen molar-refractivity contribution in [2.75, 3.05) is 24.6 Å². The second kappa shape index (κ2) is 7.14. The molecule has 1 N–H and O–H groups in total. The molecule has 3 rings (SSSR count). The van der Waals surface area contributed by atoms with Crippen LogP contribution in [0, 0.1) is 19.8 Å². The van der Waals surface area contributed by atoms with Crippen molar-refractivity contribution in [2.24, 2.45) is 5.92 Å². The van der Waals surface area contributed by atoms with Gasteiger partial charge in [-0.2, -0.15) is 0 Å². The van der Waals surface area contributed by atoms with Crippen molar-refractivity contribution in [3.8, 4) is 0 Å². The summed E-state index contributed by atoms with van der Waals surface area (Å²) in [6, 6.07) is 10.6. The van der Waals surface area contributed by atoms with Crippen molar-refractivity contribution < 1.29 is 5.11 Å². The molecule has 1 fully saturated rings. The van der Waals surface area contributed by atoms with Crippen LogP contribution < -0.4 is 4.90 Å². The molecule has 0 spiro atoms. The Kier molecular flexibility index (Phi) is 4.97. The number of aliphatic hydroxyl groups excluding tert-OH is 1. The maximum atomic E-state index is 9.29. The van der Waals surface area contributed by atoms with Gasteiger partial charge in [0.25, 0.3) is 0 Å². The van der Waals surface area contributed by atoms with E-state index in [1.807, 2.05) is 6.20 Å². The predicted octanol–water partition coefficient (Wildman–Crippen LogP) is 3.50. The highest BCUT2D eigenvalue weighted by atomic mass is 16.3. The summed E-state index contributed by atoms with van der Waals surface area (Å²) in [5.74, 6) is 1.58. The molecule has 1 aromatic heterocycles. The molecule has 1 aromatic carbocycles. The van der Waals surface area contributed by atoms with Crippen LogP contribution in [-0.2, 0) is 6.42 Å². The van der Waals surface area contributed by atoms with Crippen molar-refractivity contribution in [1.82, 2.24) is 4.98 Å². The van der Waals surface area contributed by atoms with Crippen LogP contribution in [0.1, 0.15) is 35.1 Å². The summed E-state index contributed by atoms with van der Waals surface area (Å²) >= 11 is 0. The zero-order chi connectivity index (χ0) is 16.2. The zero-order valence-electron chi connectivity index (χ0n) is 14.1. The summed E-state index contributed by atoms with van der Waals surface area (Å²) in [4.78, 5) is 7.15. The highest BCUT2D eigenvalue weighted by molar-refractivity contribution is 5.52. The van der Waals surface area contributed by atoms with Crippen molar-refractivity contribution in [3.63, 3.8) is 0 Å². The SMILES string of the molecule is Cc1c(Cc2ccccc2)cnc(N2CCC(CO)CC2)c1C. The molecule has 0 radical (unpaired) electrons. The van der Waals surface area contributed by atoms with Crippen molar-refractivity contribution >= 4 is 5.82 Å². The van der Waals surface area contributed by atoms with Gasteiger partial charge in [-0.3, -0.25) is 0 Å². The average molecular weight is 310 g/mol. The molecule has 23 heavy (non-hydrogen) atoms. The maximum Gasteiger partial charge on any atom is 0.131 e. The molecule has 2 heterocycles. The molecule has 0 amide bonds. The molecular weight excluding hydrogens is 284 g/mol. The van der Waals surface area contributed by atoms with Crippen LogP contribution in [0.4, 0.5) is 5.82 Å². The van der Waals surface area contributed by atoms with Crippen LogP contribution in [-0.4, -0.2) is 29.8 Å². The summed E-state index contributed by atoms with van der Waals surface area (Å²) in [6.07, 6.45) is 5.10. The lowest BCUT2D eigenvalue weighted by atomic mass is 9.96. The number of nitrogens with zero attached hydrogens (tertiary/aromatic N) is 2. The van der Waals surface area contributed by atoms with Crippen LogP contribution in [0.5, 0.6) is 0 Å². The third-order valence-corrected chi connectivity index (χ3v) is 5.13. The van der Waals surface area contributed by atoms with Crippen molar-refractivity contribution in [3.05, 3.63) is 58.8 Å². The second-order valence-electron chi connectivity index (χ2n) is 6.63. The summed E-state index contributed by atoms with van der Waals surface area (Å²) in [5, 5.41) is 9.29. The van der Waals surface area contributed by atoms with Gasteiger partial charge in [0.05, 0.1) is 0 Å². The minimum atomic E-state index is 0.315. The lowest BCUT2D eigenvalue weighted by molar-refractivity contribution is 0.202. The van der Waals surface area contributed by atoms with Crippen molar-refractivity contribution in [1.29, 1.82) is 0 Å². The Bertz CT molecular complexity index is 646. The fourth-order valence-corrected chi connectivity index (χ4v) is 3.38. The van der Waals surface area contributed by atoms with E-state index >= 15 is 0 Å². The molecule has 0 unspecified atom stereocenters. The van der Waals surface area contributed by atoms with E-state index in [9.17, 15) is 5.11 Å². The van der Waals surface area contributed by atoms with E-state index in [-0.39, 0.29) is 0 Å². The van der Waals surface area contributed by atoms with Crippen LogP contribution >= 0.6 is 0 Å². The van der Waals surface area contributed by atoms with Crippen LogP contribution in [0.25, 0.3) is 0 Å². The molecule has 3 heteroatoms. The molecule has 0 atom stereocenters. The third kappa shape index (κ3) is 3.56. The van der Waals surface area contributed by atoms with Gasteiger partial charge in [-0.15, -0.1) is 0 Å². The molecule has 3 nitrogen and oxygen atoms in total. The van der Waals surface area contributed by atoms with E-state index in [4.69, 9.17) is 4.98 Å². The number of pyridine rings is 1. The Morgan fingerprint density at radius 3 is 2.43 bits per heavy atom. The van der Waals surface area contributed by atoms with Gasteiger partial charge >= 0.3 is 0 Å². The number of benzene rings is 1. The predicted molar refractivity (Wildman–Crippen MR) is 95.0 cm³/mol. The fourth-order valence-electron chi connectivity index (χ4n) is 3.38. The van der Waals surface area contributed by atoms with Gasteiger partial charge in [0.15, 0.2) is 0 Å². The number of rotatable bonds is 4. The van der Waals surface area contributed by atoms with E-state index in [0.717, 1.165) is 38.2 Å². The summed E-state index contributed by atoms with van der Waals surface area (Å²) in [5.41, 5.74) is 5.28. The second-order valence-corrected chi connectivity index (χ2v) is 6.63.